The Morgan fingerprint density at radius 1 is 0.909 bits per heavy atom. The van der Waals surface area contributed by atoms with Crippen molar-refractivity contribution in [3.63, 3.8) is 0 Å². The average molecular weight is 301 g/mol. The van der Waals surface area contributed by atoms with Crippen molar-refractivity contribution in [2.24, 2.45) is 0 Å². The Balaban J connectivity index is 2.13. The van der Waals surface area contributed by atoms with E-state index in [-0.39, 0.29) is 5.41 Å². The molecule has 0 saturated heterocycles. The second kappa shape index (κ2) is 6.69. The van der Waals surface area contributed by atoms with Gasteiger partial charge >= 0.3 is 0 Å². The van der Waals surface area contributed by atoms with Crippen LogP contribution in [-0.4, -0.2) is 19.2 Å². The number of rotatable bonds is 5. The van der Waals surface area contributed by atoms with E-state index in [9.17, 15) is 0 Å². The van der Waals surface area contributed by atoms with Crippen molar-refractivity contribution < 1.29 is 14.2 Å². The number of nitrogens with zero attached hydrogens (tertiary/aromatic N) is 1. The molecule has 0 aliphatic heterocycles. The Kier molecular flexibility index (Phi) is 4.91. The Hall–Kier alpha value is -2.23. The molecule has 1 aromatic heterocycles. The fourth-order valence-electron chi connectivity index (χ4n) is 2.03. The summed E-state index contributed by atoms with van der Waals surface area (Å²) in [6.07, 6.45) is 1.78. The quantitative estimate of drug-likeness (QED) is 0.837. The van der Waals surface area contributed by atoms with Crippen molar-refractivity contribution in [2.45, 2.75) is 32.8 Å². The lowest BCUT2D eigenvalue weighted by Crippen LogP contribution is -2.13. The summed E-state index contributed by atoms with van der Waals surface area (Å²) in [5, 5.41) is 0. The lowest BCUT2D eigenvalue weighted by molar-refractivity contribution is 0.302. The minimum Gasteiger partial charge on any atom is -0.497 e. The molecule has 1 aromatic carbocycles. The molecule has 2 aromatic rings. The SMILES string of the molecule is COc1cc(COc2ccnc(C(C)(C)C)c2)cc(OC)c1. The number of hydrogen-bond donors (Lipinski definition) is 0. The highest BCUT2D eigenvalue weighted by atomic mass is 16.5. The van der Waals surface area contributed by atoms with Crippen LogP contribution in [-0.2, 0) is 12.0 Å². The van der Waals surface area contributed by atoms with Crippen LogP contribution in [0, 0.1) is 0 Å². The van der Waals surface area contributed by atoms with Gasteiger partial charge in [0.2, 0.25) is 0 Å². The summed E-state index contributed by atoms with van der Waals surface area (Å²) in [6.45, 7) is 6.84. The van der Waals surface area contributed by atoms with Crippen molar-refractivity contribution in [1.29, 1.82) is 0 Å². The molecule has 118 valence electrons. The minimum atomic E-state index is -0.00143. The molecular formula is C18H23NO3. The average Bonchev–Trinajstić information content (AvgIpc) is 2.52. The number of aromatic nitrogens is 1. The van der Waals surface area contributed by atoms with E-state index in [1.807, 2.05) is 30.3 Å². The lowest BCUT2D eigenvalue weighted by Gasteiger charge is -2.18. The summed E-state index contributed by atoms with van der Waals surface area (Å²) in [6, 6.07) is 9.57. The molecule has 4 heteroatoms. The maximum Gasteiger partial charge on any atom is 0.123 e. The first-order valence-corrected chi connectivity index (χ1v) is 7.23. The lowest BCUT2D eigenvalue weighted by atomic mass is 9.92. The molecule has 0 amide bonds. The van der Waals surface area contributed by atoms with E-state index in [2.05, 4.69) is 25.8 Å². The van der Waals surface area contributed by atoms with Crippen LogP contribution in [0.15, 0.2) is 36.5 Å². The van der Waals surface area contributed by atoms with Gasteiger partial charge in [-0.25, -0.2) is 0 Å². The van der Waals surface area contributed by atoms with E-state index in [0.717, 1.165) is 28.5 Å². The van der Waals surface area contributed by atoms with Gasteiger partial charge in [0.25, 0.3) is 0 Å². The van der Waals surface area contributed by atoms with E-state index in [1.165, 1.54) is 0 Å². The predicted molar refractivity (Wildman–Crippen MR) is 86.8 cm³/mol. The number of pyridine rings is 1. The second-order valence-electron chi connectivity index (χ2n) is 6.14. The second-order valence-corrected chi connectivity index (χ2v) is 6.14. The monoisotopic (exact) mass is 301 g/mol. The molecule has 0 aliphatic carbocycles. The highest BCUT2D eigenvalue weighted by Gasteiger charge is 2.15. The molecule has 0 radical (unpaired) electrons. The van der Waals surface area contributed by atoms with Crippen LogP contribution in [0.5, 0.6) is 17.2 Å². The molecule has 0 N–H and O–H groups in total. The Labute approximate surface area is 132 Å². The van der Waals surface area contributed by atoms with E-state index in [1.54, 1.807) is 20.4 Å². The summed E-state index contributed by atoms with van der Waals surface area (Å²) in [5.41, 5.74) is 2.00. The van der Waals surface area contributed by atoms with Crippen molar-refractivity contribution in [1.82, 2.24) is 4.98 Å². The van der Waals surface area contributed by atoms with E-state index >= 15 is 0 Å². The fraction of sp³-hybridized carbons (Fsp3) is 0.389. The zero-order valence-corrected chi connectivity index (χ0v) is 13.8. The number of hydrogen-bond acceptors (Lipinski definition) is 4. The third-order valence-electron chi connectivity index (χ3n) is 3.32. The van der Waals surface area contributed by atoms with Crippen molar-refractivity contribution in [3.8, 4) is 17.2 Å². The summed E-state index contributed by atoms with van der Waals surface area (Å²) >= 11 is 0. The Bertz CT molecular complexity index is 610. The molecular weight excluding hydrogens is 278 g/mol. The molecule has 2 rings (SSSR count). The molecule has 1 heterocycles. The molecule has 0 fully saturated rings. The summed E-state index contributed by atoms with van der Waals surface area (Å²) in [5.74, 6) is 2.31. The predicted octanol–water partition coefficient (Wildman–Crippen LogP) is 3.98. The number of benzene rings is 1. The number of methoxy groups -OCH3 is 2. The van der Waals surface area contributed by atoms with Gasteiger partial charge in [-0.15, -0.1) is 0 Å². The van der Waals surface area contributed by atoms with Gasteiger partial charge in [0.15, 0.2) is 0 Å². The molecule has 4 nitrogen and oxygen atoms in total. The van der Waals surface area contributed by atoms with Crippen LogP contribution in [0.4, 0.5) is 0 Å². The first-order valence-electron chi connectivity index (χ1n) is 7.23. The minimum absolute atomic E-state index is 0.00143. The molecule has 0 aliphatic rings. The third kappa shape index (κ3) is 4.13. The molecule has 0 spiro atoms. The van der Waals surface area contributed by atoms with Crippen molar-refractivity contribution in [3.05, 3.63) is 47.8 Å². The van der Waals surface area contributed by atoms with Crippen molar-refractivity contribution >= 4 is 0 Å². The summed E-state index contributed by atoms with van der Waals surface area (Å²) < 4.78 is 16.4. The van der Waals surface area contributed by atoms with Gasteiger partial charge < -0.3 is 14.2 Å². The summed E-state index contributed by atoms with van der Waals surface area (Å²) in [4.78, 5) is 4.40. The van der Waals surface area contributed by atoms with E-state index < -0.39 is 0 Å². The summed E-state index contributed by atoms with van der Waals surface area (Å²) in [7, 11) is 3.27. The van der Waals surface area contributed by atoms with Gasteiger partial charge in [-0.05, 0) is 23.8 Å². The first-order chi connectivity index (χ1) is 10.4. The fourth-order valence-corrected chi connectivity index (χ4v) is 2.03. The molecule has 0 unspecified atom stereocenters. The van der Waals surface area contributed by atoms with E-state index in [0.29, 0.717) is 6.61 Å². The van der Waals surface area contributed by atoms with Crippen LogP contribution in [0.2, 0.25) is 0 Å². The van der Waals surface area contributed by atoms with Crippen LogP contribution in [0.25, 0.3) is 0 Å². The van der Waals surface area contributed by atoms with Crippen molar-refractivity contribution in [2.75, 3.05) is 14.2 Å². The van der Waals surface area contributed by atoms with Crippen LogP contribution in [0.3, 0.4) is 0 Å². The molecule has 0 saturated carbocycles. The smallest absolute Gasteiger partial charge is 0.123 e. The van der Waals surface area contributed by atoms with Gasteiger partial charge in [0, 0.05) is 29.4 Å². The zero-order valence-electron chi connectivity index (χ0n) is 13.8. The highest BCUT2D eigenvalue weighted by molar-refractivity contribution is 5.38. The van der Waals surface area contributed by atoms with Gasteiger partial charge in [0.05, 0.1) is 14.2 Å². The van der Waals surface area contributed by atoms with Gasteiger partial charge in [-0.3, -0.25) is 4.98 Å². The Morgan fingerprint density at radius 2 is 1.55 bits per heavy atom. The zero-order chi connectivity index (χ0) is 16.2. The standard InChI is InChI=1S/C18H23NO3/c1-18(2,3)17-11-14(6-7-19-17)22-12-13-8-15(20-4)10-16(9-13)21-5/h6-11H,12H2,1-5H3. The van der Waals surface area contributed by atoms with Gasteiger partial charge in [0.1, 0.15) is 23.9 Å². The van der Waals surface area contributed by atoms with Crippen LogP contribution in [0.1, 0.15) is 32.0 Å². The molecule has 22 heavy (non-hydrogen) atoms. The van der Waals surface area contributed by atoms with Gasteiger partial charge in [-0.2, -0.15) is 0 Å². The molecule has 0 atom stereocenters. The molecule has 0 bridgehead atoms. The van der Waals surface area contributed by atoms with Gasteiger partial charge in [-0.1, -0.05) is 20.8 Å². The Morgan fingerprint density at radius 3 is 2.09 bits per heavy atom. The maximum absolute atomic E-state index is 5.88. The van der Waals surface area contributed by atoms with Crippen LogP contribution < -0.4 is 14.2 Å². The largest absolute Gasteiger partial charge is 0.497 e. The third-order valence-corrected chi connectivity index (χ3v) is 3.32. The maximum atomic E-state index is 5.88. The normalized spacial score (nSPS) is 11.1. The topological polar surface area (TPSA) is 40.6 Å². The highest BCUT2D eigenvalue weighted by Crippen LogP contribution is 2.26. The van der Waals surface area contributed by atoms with E-state index in [4.69, 9.17) is 14.2 Å². The first kappa shape index (κ1) is 16.1. The number of ether oxygens (including phenoxy) is 3. The van der Waals surface area contributed by atoms with Crippen LogP contribution >= 0.6 is 0 Å².